The Kier molecular flexibility index (Phi) is 4.25. The van der Waals surface area contributed by atoms with Crippen molar-refractivity contribution in [3.63, 3.8) is 0 Å². The molecule has 1 aliphatic heterocycles. The minimum Gasteiger partial charge on any atom is -0.381 e. The zero-order chi connectivity index (χ0) is 12.4. The Morgan fingerprint density at radius 3 is 2.78 bits per heavy atom. The second-order valence-electron chi connectivity index (χ2n) is 6.85. The second-order valence-corrected chi connectivity index (χ2v) is 6.85. The van der Waals surface area contributed by atoms with Crippen LogP contribution in [0.15, 0.2) is 0 Å². The molecule has 3 fully saturated rings. The standard InChI is InChI=1S/C16H29NO/c1-2-6-17-16(14-5-7-18-11-14)10-15-9-12-3-4-13(15)8-12/h12-17H,2-11H2,1H3. The molecule has 5 unspecified atom stereocenters. The molecule has 104 valence electrons. The summed E-state index contributed by atoms with van der Waals surface area (Å²) in [5, 5.41) is 3.82. The van der Waals surface area contributed by atoms with E-state index in [1.807, 2.05) is 0 Å². The van der Waals surface area contributed by atoms with Crippen LogP contribution in [-0.2, 0) is 4.74 Å². The van der Waals surface area contributed by atoms with Gasteiger partial charge in [0.25, 0.3) is 0 Å². The number of hydrogen-bond donors (Lipinski definition) is 1. The van der Waals surface area contributed by atoms with Crippen molar-refractivity contribution in [1.29, 1.82) is 0 Å². The van der Waals surface area contributed by atoms with Crippen molar-refractivity contribution in [3.8, 4) is 0 Å². The van der Waals surface area contributed by atoms with Gasteiger partial charge in [-0.15, -0.1) is 0 Å². The van der Waals surface area contributed by atoms with E-state index in [4.69, 9.17) is 4.74 Å². The summed E-state index contributed by atoms with van der Waals surface area (Å²) in [4.78, 5) is 0. The Bertz CT molecular complexity index is 262. The molecule has 2 saturated carbocycles. The molecule has 1 saturated heterocycles. The molecular formula is C16H29NO. The van der Waals surface area contributed by atoms with Crippen LogP contribution in [0.3, 0.4) is 0 Å². The molecular weight excluding hydrogens is 222 g/mol. The zero-order valence-corrected chi connectivity index (χ0v) is 11.9. The van der Waals surface area contributed by atoms with Crippen molar-refractivity contribution in [2.45, 2.75) is 57.9 Å². The quantitative estimate of drug-likeness (QED) is 0.782. The van der Waals surface area contributed by atoms with Crippen molar-refractivity contribution < 1.29 is 4.74 Å². The maximum absolute atomic E-state index is 5.60. The van der Waals surface area contributed by atoms with E-state index in [0.29, 0.717) is 0 Å². The van der Waals surface area contributed by atoms with Gasteiger partial charge in [0.15, 0.2) is 0 Å². The summed E-state index contributed by atoms with van der Waals surface area (Å²) < 4.78 is 5.60. The third-order valence-corrected chi connectivity index (χ3v) is 5.63. The van der Waals surface area contributed by atoms with Gasteiger partial charge in [0.1, 0.15) is 0 Å². The first-order chi connectivity index (χ1) is 8.86. The van der Waals surface area contributed by atoms with E-state index >= 15 is 0 Å². The van der Waals surface area contributed by atoms with Crippen LogP contribution in [0.1, 0.15) is 51.9 Å². The molecule has 2 bridgehead atoms. The summed E-state index contributed by atoms with van der Waals surface area (Å²) in [5.74, 6) is 3.98. The summed E-state index contributed by atoms with van der Waals surface area (Å²) in [5.41, 5.74) is 0. The molecule has 2 heteroatoms. The van der Waals surface area contributed by atoms with Crippen LogP contribution in [0.2, 0.25) is 0 Å². The van der Waals surface area contributed by atoms with Crippen LogP contribution >= 0.6 is 0 Å². The van der Waals surface area contributed by atoms with Crippen molar-refractivity contribution in [2.24, 2.45) is 23.7 Å². The van der Waals surface area contributed by atoms with Crippen molar-refractivity contribution >= 4 is 0 Å². The van der Waals surface area contributed by atoms with Gasteiger partial charge in [0, 0.05) is 12.6 Å². The minimum atomic E-state index is 0.733. The summed E-state index contributed by atoms with van der Waals surface area (Å²) in [6.07, 6.45) is 10.1. The third-order valence-electron chi connectivity index (χ3n) is 5.63. The maximum Gasteiger partial charge on any atom is 0.0510 e. The lowest BCUT2D eigenvalue weighted by Gasteiger charge is -2.30. The van der Waals surface area contributed by atoms with Crippen LogP contribution in [-0.4, -0.2) is 25.8 Å². The monoisotopic (exact) mass is 251 g/mol. The van der Waals surface area contributed by atoms with Crippen molar-refractivity contribution in [2.75, 3.05) is 19.8 Å². The van der Waals surface area contributed by atoms with Gasteiger partial charge in [-0.1, -0.05) is 13.3 Å². The Morgan fingerprint density at radius 2 is 2.17 bits per heavy atom. The molecule has 2 nitrogen and oxygen atoms in total. The fourth-order valence-electron chi connectivity index (χ4n) is 4.63. The van der Waals surface area contributed by atoms with Gasteiger partial charge in [-0.05, 0) is 68.7 Å². The molecule has 3 aliphatic rings. The minimum absolute atomic E-state index is 0.733. The first-order valence-corrected chi connectivity index (χ1v) is 8.18. The van der Waals surface area contributed by atoms with Crippen LogP contribution in [0.5, 0.6) is 0 Å². The van der Waals surface area contributed by atoms with E-state index < -0.39 is 0 Å². The second kappa shape index (κ2) is 5.92. The SMILES string of the molecule is CCCNC(CC1CC2CCC1C2)C1CCOC1. The highest BCUT2D eigenvalue weighted by atomic mass is 16.5. The summed E-state index contributed by atoms with van der Waals surface area (Å²) in [7, 11) is 0. The third kappa shape index (κ3) is 2.75. The Hall–Kier alpha value is -0.0800. The highest BCUT2D eigenvalue weighted by molar-refractivity contribution is 4.93. The highest BCUT2D eigenvalue weighted by Crippen LogP contribution is 2.50. The number of ether oxygens (including phenoxy) is 1. The Labute approximate surface area is 112 Å². The molecule has 0 aromatic rings. The molecule has 3 rings (SSSR count). The maximum atomic E-state index is 5.60. The van der Waals surface area contributed by atoms with Crippen LogP contribution in [0, 0.1) is 23.7 Å². The van der Waals surface area contributed by atoms with E-state index in [9.17, 15) is 0 Å². The van der Waals surface area contributed by atoms with Gasteiger partial charge in [0.2, 0.25) is 0 Å². The molecule has 18 heavy (non-hydrogen) atoms. The van der Waals surface area contributed by atoms with Gasteiger partial charge in [0.05, 0.1) is 6.61 Å². The van der Waals surface area contributed by atoms with Crippen LogP contribution < -0.4 is 5.32 Å². The molecule has 0 amide bonds. The number of nitrogens with one attached hydrogen (secondary N) is 1. The molecule has 1 heterocycles. The van der Waals surface area contributed by atoms with E-state index in [2.05, 4.69) is 12.2 Å². The van der Waals surface area contributed by atoms with Crippen LogP contribution in [0.25, 0.3) is 0 Å². The Morgan fingerprint density at radius 1 is 1.22 bits per heavy atom. The molecule has 0 radical (unpaired) electrons. The lowest BCUT2D eigenvalue weighted by atomic mass is 9.81. The predicted molar refractivity (Wildman–Crippen MR) is 74.6 cm³/mol. The molecule has 5 atom stereocenters. The van der Waals surface area contributed by atoms with Gasteiger partial charge in [-0.2, -0.15) is 0 Å². The van der Waals surface area contributed by atoms with Gasteiger partial charge in [-0.25, -0.2) is 0 Å². The van der Waals surface area contributed by atoms with Crippen molar-refractivity contribution in [3.05, 3.63) is 0 Å². The van der Waals surface area contributed by atoms with Gasteiger partial charge >= 0.3 is 0 Å². The topological polar surface area (TPSA) is 21.3 Å². The average molecular weight is 251 g/mol. The Balaban J connectivity index is 1.54. The van der Waals surface area contributed by atoms with Gasteiger partial charge < -0.3 is 10.1 Å². The molecule has 2 aliphatic carbocycles. The largest absolute Gasteiger partial charge is 0.381 e. The summed E-state index contributed by atoms with van der Waals surface area (Å²) in [6.45, 7) is 5.45. The van der Waals surface area contributed by atoms with E-state index in [-0.39, 0.29) is 0 Å². The normalized spacial score (nSPS) is 40.5. The molecule has 0 aromatic heterocycles. The van der Waals surface area contributed by atoms with Gasteiger partial charge in [-0.3, -0.25) is 0 Å². The van der Waals surface area contributed by atoms with Crippen molar-refractivity contribution in [1.82, 2.24) is 5.32 Å². The summed E-state index contributed by atoms with van der Waals surface area (Å²) in [6, 6.07) is 0.733. The smallest absolute Gasteiger partial charge is 0.0510 e. The molecule has 1 N–H and O–H groups in total. The van der Waals surface area contributed by atoms with E-state index in [1.165, 1.54) is 45.1 Å². The lowest BCUT2D eigenvalue weighted by molar-refractivity contribution is 0.166. The van der Waals surface area contributed by atoms with E-state index in [0.717, 1.165) is 42.9 Å². The summed E-state index contributed by atoms with van der Waals surface area (Å²) >= 11 is 0. The fraction of sp³-hybridized carbons (Fsp3) is 1.00. The zero-order valence-electron chi connectivity index (χ0n) is 11.9. The van der Waals surface area contributed by atoms with Crippen LogP contribution in [0.4, 0.5) is 0 Å². The predicted octanol–water partition coefficient (Wildman–Crippen LogP) is 3.22. The van der Waals surface area contributed by atoms with E-state index in [1.54, 1.807) is 6.42 Å². The molecule has 0 aromatic carbocycles. The first kappa shape index (κ1) is 12.9. The number of fused-ring (bicyclic) bond motifs is 2. The average Bonchev–Trinajstić information content (AvgIpc) is 3.09. The lowest BCUT2D eigenvalue weighted by Crippen LogP contribution is -2.39. The number of hydrogen-bond acceptors (Lipinski definition) is 2. The number of rotatable bonds is 6. The fourth-order valence-corrected chi connectivity index (χ4v) is 4.63. The molecule has 0 spiro atoms. The highest BCUT2D eigenvalue weighted by Gasteiger charge is 2.41. The first-order valence-electron chi connectivity index (χ1n) is 8.18.